The molecular weight excluding hydrogens is 442 g/mol. The van der Waals surface area contributed by atoms with E-state index in [1.165, 1.54) is 12.8 Å². The molecule has 35 heavy (non-hydrogen) atoms. The Bertz CT molecular complexity index is 1000. The minimum Gasteiger partial charge on any atom is -0.381 e. The van der Waals surface area contributed by atoms with Gasteiger partial charge in [0.2, 0.25) is 5.91 Å². The highest BCUT2D eigenvalue weighted by Crippen LogP contribution is 2.23. The summed E-state index contributed by atoms with van der Waals surface area (Å²) in [5, 5.41) is 4.18. The lowest BCUT2D eigenvalue weighted by Crippen LogP contribution is -2.57. The third-order valence-electron chi connectivity index (χ3n) is 8.16. The number of amides is 2. The molecule has 1 aromatic carbocycles. The number of piperidine rings is 1. The van der Waals surface area contributed by atoms with Gasteiger partial charge in [0.1, 0.15) is 6.04 Å². The normalized spacial score (nSPS) is 22.4. The molecule has 0 spiro atoms. The van der Waals surface area contributed by atoms with Crippen molar-refractivity contribution in [1.29, 1.82) is 0 Å². The van der Waals surface area contributed by atoms with Gasteiger partial charge in [-0.3, -0.25) is 14.5 Å². The Morgan fingerprint density at radius 2 is 1.77 bits per heavy atom. The van der Waals surface area contributed by atoms with Crippen LogP contribution in [0.25, 0.3) is 10.9 Å². The van der Waals surface area contributed by atoms with Crippen molar-refractivity contribution in [2.75, 3.05) is 59.5 Å². The van der Waals surface area contributed by atoms with Crippen molar-refractivity contribution >= 4 is 22.7 Å². The zero-order valence-corrected chi connectivity index (χ0v) is 20.9. The molecule has 2 amide bonds. The number of benzene rings is 1. The number of hydrogen-bond acceptors (Lipinski definition) is 5. The number of piperazine rings is 1. The Balaban J connectivity index is 1.23. The van der Waals surface area contributed by atoms with E-state index < -0.39 is 6.04 Å². The molecule has 3 aliphatic rings. The van der Waals surface area contributed by atoms with Crippen LogP contribution >= 0.6 is 0 Å². The molecule has 3 fully saturated rings. The van der Waals surface area contributed by atoms with Crippen molar-refractivity contribution in [2.45, 2.75) is 44.2 Å². The van der Waals surface area contributed by atoms with Gasteiger partial charge >= 0.3 is 0 Å². The number of aromatic nitrogens is 1. The maximum atomic E-state index is 13.7. The van der Waals surface area contributed by atoms with Crippen LogP contribution in [0.15, 0.2) is 30.5 Å². The van der Waals surface area contributed by atoms with Crippen molar-refractivity contribution < 1.29 is 14.3 Å². The number of likely N-dealkylation sites (tertiary alicyclic amines) is 1. The Kier molecular flexibility index (Phi) is 7.70. The van der Waals surface area contributed by atoms with E-state index in [0.717, 1.165) is 76.2 Å². The molecule has 190 valence electrons. The second kappa shape index (κ2) is 11.1. The molecule has 5 rings (SSSR count). The van der Waals surface area contributed by atoms with Crippen LogP contribution in [0.4, 0.5) is 0 Å². The van der Waals surface area contributed by atoms with Crippen LogP contribution in [-0.2, 0) is 9.53 Å². The first-order valence-corrected chi connectivity index (χ1v) is 13.2. The average Bonchev–Trinajstić information content (AvgIpc) is 3.37. The van der Waals surface area contributed by atoms with Crippen molar-refractivity contribution in [3.63, 3.8) is 0 Å². The number of fused-ring (bicyclic) bond motifs is 1. The Morgan fingerprint density at radius 3 is 2.51 bits per heavy atom. The summed E-state index contributed by atoms with van der Waals surface area (Å²) in [4.78, 5) is 37.0. The molecule has 0 saturated carbocycles. The van der Waals surface area contributed by atoms with Crippen LogP contribution in [0, 0.1) is 5.92 Å². The van der Waals surface area contributed by atoms with Gasteiger partial charge in [-0.05, 0) is 81.7 Å². The van der Waals surface area contributed by atoms with E-state index in [2.05, 4.69) is 27.1 Å². The molecule has 1 atom stereocenters. The predicted octanol–water partition coefficient (Wildman–Crippen LogP) is 2.32. The monoisotopic (exact) mass is 481 g/mol. The Morgan fingerprint density at radius 1 is 1.03 bits per heavy atom. The number of carbonyl (C=O) groups is 2. The van der Waals surface area contributed by atoms with Crippen molar-refractivity contribution in [2.24, 2.45) is 5.92 Å². The third kappa shape index (κ3) is 5.88. The molecule has 2 N–H and O–H groups in total. The van der Waals surface area contributed by atoms with E-state index in [1.807, 2.05) is 35.4 Å². The number of carbonyl (C=O) groups excluding carboxylic acids is 2. The number of ether oxygens (including phenoxy) is 1. The number of nitrogens with one attached hydrogen (secondary N) is 2. The average molecular weight is 482 g/mol. The predicted molar refractivity (Wildman–Crippen MR) is 136 cm³/mol. The summed E-state index contributed by atoms with van der Waals surface area (Å²) in [6.45, 7) is 7.08. The number of rotatable bonds is 6. The summed E-state index contributed by atoms with van der Waals surface area (Å²) in [7, 11) is 2.19. The molecule has 0 radical (unpaired) electrons. The number of H-pyrrole nitrogens is 1. The molecule has 8 heteroatoms. The highest BCUT2D eigenvalue weighted by atomic mass is 16.5. The van der Waals surface area contributed by atoms with Crippen molar-refractivity contribution in [3.8, 4) is 0 Å². The van der Waals surface area contributed by atoms with Gasteiger partial charge in [-0.1, -0.05) is 6.07 Å². The van der Waals surface area contributed by atoms with Gasteiger partial charge < -0.3 is 24.8 Å². The number of aromatic amines is 1. The van der Waals surface area contributed by atoms with E-state index >= 15 is 0 Å². The molecular formula is C27H39N5O3. The largest absolute Gasteiger partial charge is 0.381 e. The molecule has 0 bridgehead atoms. The van der Waals surface area contributed by atoms with E-state index in [4.69, 9.17) is 4.74 Å². The van der Waals surface area contributed by atoms with Gasteiger partial charge in [0.25, 0.3) is 5.91 Å². The van der Waals surface area contributed by atoms with Gasteiger partial charge in [-0.15, -0.1) is 0 Å². The summed E-state index contributed by atoms with van der Waals surface area (Å²) in [6, 6.07) is 7.75. The smallest absolute Gasteiger partial charge is 0.252 e. The maximum absolute atomic E-state index is 13.7. The van der Waals surface area contributed by atoms with Gasteiger partial charge in [0.15, 0.2) is 0 Å². The molecule has 2 aromatic rings. The maximum Gasteiger partial charge on any atom is 0.252 e. The number of hydrogen-bond donors (Lipinski definition) is 2. The van der Waals surface area contributed by atoms with Crippen LogP contribution in [-0.4, -0.2) is 103 Å². The van der Waals surface area contributed by atoms with Gasteiger partial charge in [-0.2, -0.15) is 0 Å². The quantitative estimate of drug-likeness (QED) is 0.662. The van der Waals surface area contributed by atoms with Crippen molar-refractivity contribution in [3.05, 3.63) is 36.0 Å². The highest BCUT2D eigenvalue weighted by Gasteiger charge is 2.33. The Hall–Kier alpha value is -2.42. The summed E-state index contributed by atoms with van der Waals surface area (Å²) in [5.74, 6) is 0.273. The number of nitrogens with zero attached hydrogens (tertiary/aromatic N) is 3. The second-order valence-corrected chi connectivity index (χ2v) is 10.5. The molecule has 1 aromatic heterocycles. The summed E-state index contributed by atoms with van der Waals surface area (Å²) in [5.41, 5.74) is 1.51. The van der Waals surface area contributed by atoms with Gasteiger partial charge in [-0.25, -0.2) is 0 Å². The van der Waals surface area contributed by atoms with E-state index in [-0.39, 0.29) is 11.8 Å². The summed E-state index contributed by atoms with van der Waals surface area (Å²) in [6.07, 6.45) is 6.84. The van der Waals surface area contributed by atoms with Crippen LogP contribution in [0.2, 0.25) is 0 Å². The zero-order valence-electron chi connectivity index (χ0n) is 20.9. The van der Waals surface area contributed by atoms with Gasteiger partial charge in [0.05, 0.1) is 0 Å². The first-order chi connectivity index (χ1) is 17.1. The molecule has 0 unspecified atom stereocenters. The van der Waals surface area contributed by atoms with Crippen LogP contribution in [0.1, 0.15) is 42.5 Å². The highest BCUT2D eigenvalue weighted by molar-refractivity contribution is 6.00. The topological polar surface area (TPSA) is 80.9 Å². The third-order valence-corrected chi connectivity index (χ3v) is 8.16. The molecule has 3 saturated heterocycles. The molecule has 3 aliphatic heterocycles. The van der Waals surface area contributed by atoms with Crippen LogP contribution in [0.3, 0.4) is 0 Å². The lowest BCUT2D eigenvalue weighted by atomic mass is 9.91. The van der Waals surface area contributed by atoms with E-state index in [9.17, 15) is 9.59 Å². The second-order valence-electron chi connectivity index (χ2n) is 10.5. The van der Waals surface area contributed by atoms with E-state index in [0.29, 0.717) is 23.9 Å². The minimum atomic E-state index is -0.500. The van der Waals surface area contributed by atoms with Crippen molar-refractivity contribution in [1.82, 2.24) is 25.0 Å². The fraction of sp³-hybridized carbons (Fsp3) is 0.630. The van der Waals surface area contributed by atoms with E-state index in [1.54, 1.807) is 0 Å². The Labute approximate surface area is 208 Å². The van der Waals surface area contributed by atoms with Crippen LogP contribution < -0.4 is 5.32 Å². The molecule has 8 nitrogen and oxygen atoms in total. The lowest BCUT2D eigenvalue weighted by molar-refractivity contribution is -0.136. The summed E-state index contributed by atoms with van der Waals surface area (Å²) < 4.78 is 5.52. The molecule has 0 aliphatic carbocycles. The summed E-state index contributed by atoms with van der Waals surface area (Å²) >= 11 is 0. The first-order valence-electron chi connectivity index (χ1n) is 13.2. The fourth-order valence-electron chi connectivity index (χ4n) is 5.86. The zero-order chi connectivity index (χ0) is 24.2. The minimum absolute atomic E-state index is 0.0637. The SMILES string of the molecule is CN1CCC(N2CCN(C(=O)[C@H](CC3CCOCC3)NC(=O)c3ccc4cc[nH]c4c3)CC2)CC1. The molecule has 4 heterocycles. The van der Waals surface area contributed by atoms with Gasteiger partial charge in [0, 0.05) is 62.7 Å². The first kappa shape index (κ1) is 24.3. The standard InChI is InChI=1S/C27H39N5O3/c1-30-10-5-23(6-11-30)31-12-14-32(15-13-31)27(34)25(18-20-7-16-35-17-8-20)29-26(33)22-3-2-21-4-9-28-24(21)19-22/h2-4,9,19-20,23,25,28H,5-8,10-18H2,1H3,(H,29,33)/t25-/m0/s1. The fourth-order valence-corrected chi connectivity index (χ4v) is 5.86. The van der Waals surface area contributed by atoms with Crippen LogP contribution in [0.5, 0.6) is 0 Å². The lowest BCUT2D eigenvalue weighted by Gasteiger charge is -2.43.